The summed E-state index contributed by atoms with van der Waals surface area (Å²) in [6, 6.07) is 8.04. The van der Waals surface area contributed by atoms with Gasteiger partial charge in [-0.1, -0.05) is 25.0 Å². The second kappa shape index (κ2) is 8.13. The molecule has 3 rings (SSSR count). The maximum Gasteiger partial charge on any atom is 0.253 e. The van der Waals surface area contributed by atoms with Gasteiger partial charge in [-0.05, 0) is 57.5 Å². The Morgan fingerprint density at radius 3 is 2.21 bits per heavy atom. The predicted octanol–water partition coefficient (Wildman–Crippen LogP) is 3.31. The zero-order valence-electron chi connectivity index (χ0n) is 15.0. The zero-order valence-corrected chi connectivity index (χ0v) is 15.0. The molecule has 0 atom stereocenters. The number of hydrogen-bond acceptors (Lipinski definition) is 3. The Balaban J connectivity index is 1.49. The largest absolute Gasteiger partial charge is 0.375 e. The van der Waals surface area contributed by atoms with E-state index in [4.69, 9.17) is 4.74 Å². The minimum absolute atomic E-state index is 0.158. The van der Waals surface area contributed by atoms with Gasteiger partial charge in [-0.2, -0.15) is 0 Å². The maximum absolute atomic E-state index is 12.7. The van der Waals surface area contributed by atoms with E-state index in [1.807, 2.05) is 17.0 Å². The van der Waals surface area contributed by atoms with Crippen LogP contribution >= 0.6 is 0 Å². The second-order valence-electron chi connectivity index (χ2n) is 7.47. The highest BCUT2D eigenvalue weighted by Crippen LogP contribution is 2.25. The normalized spacial score (nSPS) is 20.0. The fourth-order valence-corrected chi connectivity index (χ4v) is 3.79. The summed E-state index contributed by atoms with van der Waals surface area (Å²) in [5.41, 5.74) is 2.04. The van der Waals surface area contributed by atoms with Crippen LogP contribution in [0.25, 0.3) is 0 Å². The molecule has 0 bridgehead atoms. The predicted molar refractivity (Wildman–Crippen MR) is 96.1 cm³/mol. The van der Waals surface area contributed by atoms with Crippen molar-refractivity contribution in [3.63, 3.8) is 0 Å². The van der Waals surface area contributed by atoms with Gasteiger partial charge in [0.15, 0.2) is 0 Å². The van der Waals surface area contributed by atoms with Gasteiger partial charge >= 0.3 is 0 Å². The lowest BCUT2D eigenvalue weighted by molar-refractivity contribution is -0.0357. The molecule has 1 aliphatic heterocycles. The van der Waals surface area contributed by atoms with Crippen LogP contribution in [0.1, 0.15) is 54.4 Å². The number of piperidine rings is 1. The minimum Gasteiger partial charge on any atom is -0.375 e. The van der Waals surface area contributed by atoms with Gasteiger partial charge in [0, 0.05) is 25.2 Å². The van der Waals surface area contributed by atoms with Crippen LogP contribution in [0.15, 0.2) is 24.3 Å². The molecule has 0 aromatic heterocycles. The van der Waals surface area contributed by atoms with Crippen molar-refractivity contribution < 1.29 is 9.53 Å². The van der Waals surface area contributed by atoms with E-state index in [9.17, 15) is 4.79 Å². The van der Waals surface area contributed by atoms with Crippen LogP contribution in [0, 0.1) is 0 Å². The van der Waals surface area contributed by atoms with Crippen LogP contribution in [-0.2, 0) is 11.3 Å². The fourth-order valence-electron chi connectivity index (χ4n) is 3.79. The summed E-state index contributed by atoms with van der Waals surface area (Å²) in [6.07, 6.45) is 7.83. The number of amides is 1. The molecule has 4 heteroatoms. The van der Waals surface area contributed by atoms with E-state index in [1.165, 1.54) is 31.2 Å². The third-order valence-electron chi connectivity index (χ3n) is 5.12. The Morgan fingerprint density at radius 1 is 1.04 bits per heavy atom. The van der Waals surface area contributed by atoms with Crippen LogP contribution in [0.5, 0.6) is 0 Å². The van der Waals surface area contributed by atoms with Crippen molar-refractivity contribution in [2.75, 3.05) is 27.2 Å². The summed E-state index contributed by atoms with van der Waals surface area (Å²) >= 11 is 0. The molecule has 1 aromatic carbocycles. The van der Waals surface area contributed by atoms with Crippen LogP contribution in [-0.4, -0.2) is 55.1 Å². The van der Waals surface area contributed by atoms with E-state index in [-0.39, 0.29) is 5.91 Å². The first kappa shape index (κ1) is 17.4. The van der Waals surface area contributed by atoms with E-state index in [0.717, 1.165) is 38.0 Å². The highest BCUT2D eigenvalue weighted by molar-refractivity contribution is 5.94. The van der Waals surface area contributed by atoms with Gasteiger partial charge < -0.3 is 14.5 Å². The number of hydrogen-bond donors (Lipinski definition) is 0. The van der Waals surface area contributed by atoms with Crippen LogP contribution in [0.2, 0.25) is 0 Å². The lowest BCUT2D eigenvalue weighted by Crippen LogP contribution is -2.41. The summed E-state index contributed by atoms with van der Waals surface area (Å²) in [5, 5.41) is 0. The number of nitrogens with zero attached hydrogens (tertiary/aromatic N) is 2. The molecule has 1 aromatic rings. The lowest BCUT2D eigenvalue weighted by Gasteiger charge is -2.33. The van der Waals surface area contributed by atoms with Crippen molar-refractivity contribution in [1.82, 2.24) is 9.80 Å². The minimum atomic E-state index is 0.158. The SMILES string of the molecule is CN(C)Cc1ccc(C(=O)N2CCC(OC3CCCC3)CC2)cc1. The molecule has 1 heterocycles. The number of carbonyl (C=O) groups is 1. The molecule has 1 aliphatic carbocycles. The summed E-state index contributed by atoms with van der Waals surface area (Å²) in [5.74, 6) is 0.158. The van der Waals surface area contributed by atoms with Gasteiger partial charge in [0.25, 0.3) is 5.91 Å². The maximum atomic E-state index is 12.7. The van der Waals surface area contributed by atoms with Gasteiger partial charge in [-0.15, -0.1) is 0 Å². The molecule has 0 radical (unpaired) electrons. The zero-order chi connectivity index (χ0) is 16.9. The Kier molecular flexibility index (Phi) is 5.90. The molecule has 1 amide bonds. The van der Waals surface area contributed by atoms with E-state index < -0.39 is 0 Å². The van der Waals surface area contributed by atoms with Crippen molar-refractivity contribution in [3.8, 4) is 0 Å². The van der Waals surface area contributed by atoms with Crippen molar-refractivity contribution in [1.29, 1.82) is 0 Å². The molecule has 1 saturated heterocycles. The molecule has 2 aliphatic rings. The van der Waals surface area contributed by atoms with E-state index in [2.05, 4.69) is 31.1 Å². The number of benzene rings is 1. The van der Waals surface area contributed by atoms with Crippen LogP contribution < -0.4 is 0 Å². The summed E-state index contributed by atoms with van der Waals surface area (Å²) in [7, 11) is 4.10. The van der Waals surface area contributed by atoms with Crippen molar-refractivity contribution in [2.45, 2.75) is 57.3 Å². The van der Waals surface area contributed by atoms with Gasteiger partial charge in [0.2, 0.25) is 0 Å². The number of carbonyl (C=O) groups excluding carboxylic acids is 1. The summed E-state index contributed by atoms with van der Waals surface area (Å²) in [4.78, 5) is 16.8. The second-order valence-corrected chi connectivity index (χ2v) is 7.47. The molecular weight excluding hydrogens is 300 g/mol. The Hall–Kier alpha value is -1.39. The Labute approximate surface area is 145 Å². The molecule has 1 saturated carbocycles. The molecule has 4 nitrogen and oxygen atoms in total. The molecule has 24 heavy (non-hydrogen) atoms. The van der Waals surface area contributed by atoms with E-state index in [1.54, 1.807) is 0 Å². The number of rotatable bonds is 5. The smallest absolute Gasteiger partial charge is 0.253 e. The Bertz CT molecular complexity index is 527. The highest BCUT2D eigenvalue weighted by atomic mass is 16.5. The monoisotopic (exact) mass is 330 g/mol. The molecular formula is C20H30N2O2. The molecule has 0 N–H and O–H groups in total. The molecule has 0 spiro atoms. The third-order valence-corrected chi connectivity index (χ3v) is 5.12. The number of ether oxygens (including phenoxy) is 1. The summed E-state index contributed by atoms with van der Waals surface area (Å²) in [6.45, 7) is 2.53. The highest BCUT2D eigenvalue weighted by Gasteiger charge is 2.27. The van der Waals surface area contributed by atoms with E-state index >= 15 is 0 Å². The first-order chi connectivity index (χ1) is 11.6. The van der Waals surface area contributed by atoms with Gasteiger partial charge in [-0.3, -0.25) is 4.79 Å². The van der Waals surface area contributed by atoms with Crippen molar-refractivity contribution >= 4 is 5.91 Å². The first-order valence-electron chi connectivity index (χ1n) is 9.30. The third kappa shape index (κ3) is 4.58. The van der Waals surface area contributed by atoms with E-state index in [0.29, 0.717) is 12.2 Å². The van der Waals surface area contributed by atoms with Gasteiger partial charge in [0.1, 0.15) is 0 Å². The average molecular weight is 330 g/mol. The van der Waals surface area contributed by atoms with Crippen molar-refractivity contribution in [3.05, 3.63) is 35.4 Å². The fraction of sp³-hybridized carbons (Fsp3) is 0.650. The average Bonchev–Trinajstić information content (AvgIpc) is 3.08. The summed E-state index contributed by atoms with van der Waals surface area (Å²) < 4.78 is 6.20. The first-order valence-corrected chi connectivity index (χ1v) is 9.30. The topological polar surface area (TPSA) is 32.8 Å². The van der Waals surface area contributed by atoms with Crippen molar-refractivity contribution in [2.24, 2.45) is 0 Å². The van der Waals surface area contributed by atoms with Gasteiger partial charge in [0.05, 0.1) is 12.2 Å². The quantitative estimate of drug-likeness (QED) is 0.830. The lowest BCUT2D eigenvalue weighted by atomic mass is 10.0. The molecule has 0 unspecified atom stereocenters. The molecule has 2 fully saturated rings. The standard InChI is InChI=1S/C20H30N2O2/c1-21(2)15-16-7-9-17(10-8-16)20(23)22-13-11-19(12-14-22)24-18-5-3-4-6-18/h7-10,18-19H,3-6,11-15H2,1-2H3. The molecule has 132 valence electrons. The van der Waals surface area contributed by atoms with Gasteiger partial charge in [-0.25, -0.2) is 0 Å². The number of likely N-dealkylation sites (tertiary alicyclic amines) is 1. The Morgan fingerprint density at radius 2 is 1.62 bits per heavy atom. The van der Waals surface area contributed by atoms with Crippen LogP contribution in [0.3, 0.4) is 0 Å². The van der Waals surface area contributed by atoms with Crippen LogP contribution in [0.4, 0.5) is 0 Å².